The average molecular weight is 606 g/mol. The zero-order chi connectivity index (χ0) is 30.4. The van der Waals surface area contributed by atoms with Crippen LogP contribution in [0.3, 0.4) is 0 Å². The van der Waals surface area contributed by atoms with Gasteiger partial charge in [0.25, 0.3) is 15.9 Å². The Balaban J connectivity index is 1.31. The van der Waals surface area contributed by atoms with Crippen LogP contribution < -0.4 is 9.46 Å². The van der Waals surface area contributed by atoms with Crippen LogP contribution in [0.1, 0.15) is 47.2 Å². The minimum atomic E-state index is -4.11. The Morgan fingerprint density at radius 3 is 2.42 bits per heavy atom. The maximum Gasteiger partial charge on any atom is 0.409 e. The van der Waals surface area contributed by atoms with Crippen LogP contribution in [0.5, 0.6) is 5.88 Å². The lowest BCUT2D eigenvalue weighted by Crippen LogP contribution is -2.57. The van der Waals surface area contributed by atoms with E-state index in [-0.39, 0.29) is 52.4 Å². The van der Waals surface area contributed by atoms with Crippen LogP contribution >= 0.6 is 0 Å². The Hall–Kier alpha value is -4.19. The second-order valence-corrected chi connectivity index (χ2v) is 13.4. The summed E-state index contributed by atoms with van der Waals surface area (Å²) in [6, 6.07) is 13.6. The Labute approximate surface area is 251 Å². The summed E-state index contributed by atoms with van der Waals surface area (Å²) in [5.41, 5.74) is 3.72. The molecule has 1 spiro atoms. The summed E-state index contributed by atoms with van der Waals surface area (Å²) in [4.78, 5) is 38.2. The minimum Gasteiger partial charge on any atom is -0.476 e. The molecule has 11 nitrogen and oxygen atoms in total. The summed E-state index contributed by atoms with van der Waals surface area (Å²) < 4.78 is 40.3. The minimum absolute atomic E-state index is 0.0320. The Bertz CT molecular complexity index is 1660. The van der Waals surface area contributed by atoms with Crippen molar-refractivity contribution < 1.29 is 27.5 Å². The summed E-state index contributed by atoms with van der Waals surface area (Å²) in [5.74, 6) is -0.146. The molecule has 3 heterocycles. The highest BCUT2D eigenvalue weighted by Crippen LogP contribution is 2.51. The molecule has 226 valence electrons. The number of methoxy groups -OCH3 is 1. The highest BCUT2D eigenvalue weighted by Gasteiger charge is 2.49. The van der Waals surface area contributed by atoms with Crippen LogP contribution in [-0.4, -0.2) is 79.6 Å². The van der Waals surface area contributed by atoms with E-state index in [1.807, 2.05) is 32.0 Å². The number of piperidine rings is 1. The molecule has 2 aromatic carbocycles. The van der Waals surface area contributed by atoms with Crippen LogP contribution in [0.15, 0.2) is 53.4 Å². The maximum atomic E-state index is 13.9. The lowest BCUT2D eigenvalue weighted by molar-refractivity contribution is -0.0344. The summed E-state index contributed by atoms with van der Waals surface area (Å²) >= 11 is 0. The third-order valence-electron chi connectivity index (χ3n) is 8.93. The van der Waals surface area contributed by atoms with Crippen LogP contribution in [0, 0.1) is 19.3 Å². The third kappa shape index (κ3) is 5.63. The van der Waals surface area contributed by atoms with Crippen molar-refractivity contribution in [1.82, 2.24) is 19.8 Å². The fourth-order valence-electron chi connectivity index (χ4n) is 6.59. The molecule has 2 amide bonds. The monoisotopic (exact) mass is 605 g/mol. The number of rotatable bonds is 2. The molecular formula is C31H35N5O6S. The number of anilines is 1. The summed E-state index contributed by atoms with van der Waals surface area (Å²) in [5, 5.41) is 0. The number of aryl methyl sites for hydroxylation is 2. The van der Waals surface area contributed by atoms with E-state index in [0.717, 1.165) is 42.4 Å². The molecule has 43 heavy (non-hydrogen) atoms. The SMILES string of the molecule is COC(=O)N1CCC2(CC1)CC(N1CCOc3cc(-c4c(C)cccc4C)nc(n3)NS(=O)(=O)c3cccc(c3)C1=O)C2. The molecule has 1 N–H and O–H groups in total. The highest BCUT2D eigenvalue weighted by atomic mass is 32.2. The second-order valence-electron chi connectivity index (χ2n) is 11.7. The van der Waals surface area contributed by atoms with Gasteiger partial charge in [0.15, 0.2) is 0 Å². The van der Waals surface area contributed by atoms with Gasteiger partial charge in [-0.1, -0.05) is 24.3 Å². The van der Waals surface area contributed by atoms with Crippen molar-refractivity contribution in [2.45, 2.75) is 50.5 Å². The number of sulfonamides is 1. The smallest absolute Gasteiger partial charge is 0.409 e. The lowest BCUT2D eigenvalue weighted by Gasteiger charge is -2.55. The Kier molecular flexibility index (Phi) is 7.49. The standard InChI is InChI=1S/C31H35N5O6S/c1-20-6-4-7-21(2)27(20)25-17-26-33-29(32-25)34-43(39,40)24-9-5-8-22(16-24)28(37)36(14-15-42-26)23-18-31(19-23)10-12-35(13-11-31)30(38)41-3/h4-9,16-17,23H,10-15,18-19H2,1-3H3,(H,32,33,34). The van der Waals surface area contributed by atoms with Crippen LogP contribution in [0.2, 0.25) is 0 Å². The van der Waals surface area contributed by atoms with Gasteiger partial charge < -0.3 is 19.3 Å². The van der Waals surface area contributed by atoms with Crippen molar-refractivity contribution in [1.29, 1.82) is 0 Å². The van der Waals surface area contributed by atoms with Gasteiger partial charge in [0.05, 0.1) is 24.2 Å². The first-order chi connectivity index (χ1) is 20.6. The number of likely N-dealkylation sites (tertiary alicyclic amines) is 1. The van der Waals surface area contributed by atoms with Crippen LogP contribution in [0.4, 0.5) is 10.7 Å². The number of hydrogen-bond acceptors (Lipinski definition) is 8. The lowest BCUT2D eigenvalue weighted by atomic mass is 9.60. The number of aromatic nitrogens is 2. The molecule has 2 aliphatic heterocycles. The van der Waals surface area contributed by atoms with E-state index in [2.05, 4.69) is 14.7 Å². The largest absolute Gasteiger partial charge is 0.476 e. The van der Waals surface area contributed by atoms with Crippen molar-refractivity contribution in [3.8, 4) is 17.1 Å². The van der Waals surface area contributed by atoms with Crippen molar-refractivity contribution in [2.75, 3.05) is 38.1 Å². The van der Waals surface area contributed by atoms with Gasteiger partial charge in [-0.2, -0.15) is 4.98 Å². The number of ether oxygens (including phenoxy) is 2. The molecule has 6 rings (SSSR count). The van der Waals surface area contributed by atoms with Gasteiger partial charge in [-0.05, 0) is 74.3 Å². The molecule has 0 radical (unpaired) electrons. The van der Waals surface area contributed by atoms with E-state index in [9.17, 15) is 18.0 Å². The van der Waals surface area contributed by atoms with E-state index in [1.165, 1.54) is 19.2 Å². The van der Waals surface area contributed by atoms with Gasteiger partial charge in [-0.25, -0.2) is 22.9 Å². The maximum absolute atomic E-state index is 13.9. The number of nitrogens with zero attached hydrogens (tertiary/aromatic N) is 4. The molecule has 3 aromatic rings. The van der Waals surface area contributed by atoms with Crippen molar-refractivity contribution in [3.63, 3.8) is 0 Å². The molecule has 4 bridgehead atoms. The predicted octanol–water partition coefficient (Wildman–Crippen LogP) is 4.41. The summed E-state index contributed by atoms with van der Waals surface area (Å²) in [6.45, 7) is 5.66. The molecule has 1 aliphatic carbocycles. The second kappa shape index (κ2) is 11.1. The highest BCUT2D eigenvalue weighted by molar-refractivity contribution is 7.92. The van der Waals surface area contributed by atoms with Crippen molar-refractivity contribution in [3.05, 3.63) is 65.2 Å². The van der Waals surface area contributed by atoms with Crippen molar-refractivity contribution in [2.24, 2.45) is 5.41 Å². The Morgan fingerprint density at radius 1 is 1.02 bits per heavy atom. The van der Waals surface area contributed by atoms with Gasteiger partial charge in [0.2, 0.25) is 11.8 Å². The van der Waals surface area contributed by atoms with Gasteiger partial charge in [0, 0.05) is 36.3 Å². The van der Waals surface area contributed by atoms with Gasteiger partial charge in [-0.3, -0.25) is 4.79 Å². The molecule has 2 fully saturated rings. The number of hydrogen-bond donors (Lipinski definition) is 1. The van der Waals surface area contributed by atoms with Crippen LogP contribution in [-0.2, 0) is 14.8 Å². The van der Waals surface area contributed by atoms with Crippen molar-refractivity contribution >= 4 is 28.0 Å². The number of carbonyl (C=O) groups is 2. The van der Waals surface area contributed by atoms with Gasteiger partial charge >= 0.3 is 6.09 Å². The van der Waals surface area contributed by atoms with Gasteiger partial charge in [0.1, 0.15) is 6.61 Å². The van der Waals surface area contributed by atoms with E-state index < -0.39 is 10.0 Å². The first-order valence-corrected chi connectivity index (χ1v) is 15.9. The number of carbonyl (C=O) groups excluding carboxylic acids is 2. The van der Waals surface area contributed by atoms with E-state index >= 15 is 0 Å². The zero-order valence-electron chi connectivity index (χ0n) is 24.5. The number of nitrogens with one attached hydrogen (secondary N) is 1. The first kappa shape index (κ1) is 28.9. The number of benzene rings is 2. The Morgan fingerprint density at radius 2 is 1.72 bits per heavy atom. The number of amides is 2. The van der Waals surface area contributed by atoms with E-state index in [4.69, 9.17) is 9.47 Å². The molecule has 12 heteroatoms. The topological polar surface area (TPSA) is 131 Å². The molecular weight excluding hydrogens is 570 g/mol. The quantitative estimate of drug-likeness (QED) is 0.455. The summed E-state index contributed by atoms with van der Waals surface area (Å²) in [7, 11) is -2.72. The van der Waals surface area contributed by atoms with Gasteiger partial charge in [-0.15, -0.1) is 0 Å². The predicted molar refractivity (Wildman–Crippen MR) is 159 cm³/mol. The van der Waals surface area contributed by atoms with E-state index in [1.54, 1.807) is 28.0 Å². The summed E-state index contributed by atoms with van der Waals surface area (Å²) in [6.07, 6.45) is 3.00. The third-order valence-corrected chi connectivity index (χ3v) is 10.3. The molecule has 1 saturated heterocycles. The molecule has 0 unspecified atom stereocenters. The fraction of sp³-hybridized carbons (Fsp3) is 0.419. The van der Waals surface area contributed by atoms with E-state index in [0.29, 0.717) is 25.3 Å². The molecule has 1 saturated carbocycles. The first-order valence-electron chi connectivity index (χ1n) is 14.4. The molecule has 1 aromatic heterocycles. The van der Waals surface area contributed by atoms with Crippen LogP contribution in [0.25, 0.3) is 11.3 Å². The fourth-order valence-corrected chi connectivity index (χ4v) is 7.58. The normalized spacial score (nSPS) is 19.7. The number of fused-ring (bicyclic) bond motifs is 4. The molecule has 0 atom stereocenters. The average Bonchev–Trinajstić information content (AvgIpc) is 2.97. The molecule has 3 aliphatic rings. The zero-order valence-corrected chi connectivity index (χ0v) is 25.3.